The Hall–Kier alpha value is -3.88. The van der Waals surface area contributed by atoms with Gasteiger partial charge in [0.25, 0.3) is 0 Å². The van der Waals surface area contributed by atoms with E-state index in [0.29, 0.717) is 32.1 Å². The lowest BCUT2D eigenvalue weighted by molar-refractivity contribution is -0.161. The summed E-state index contributed by atoms with van der Waals surface area (Å²) in [7, 11) is -10.9. The van der Waals surface area contributed by atoms with E-state index in [9.17, 15) is 53.7 Å². The number of allylic oxidation sites excluding steroid dienone is 8. The van der Waals surface area contributed by atoms with Crippen molar-refractivity contribution in [1.29, 1.82) is 0 Å². The molecule has 0 bridgehead atoms. The summed E-state index contributed by atoms with van der Waals surface area (Å²) in [4.78, 5) is 62.0. The first-order valence-corrected chi connectivity index (χ1v) is 30.6. The molecule has 1 fully saturated rings. The summed E-state index contributed by atoms with van der Waals surface area (Å²) in [5, 5.41) is 41.0. The van der Waals surface area contributed by atoms with Gasteiger partial charge in [0.05, 0.1) is 25.4 Å². The fourth-order valence-electron chi connectivity index (χ4n) is 7.84. The zero-order valence-corrected chi connectivity index (χ0v) is 47.4. The number of esters is 2. The Labute approximate surface area is 456 Å². The number of aromatic nitrogens is 2. The molecule has 2 rings (SSSR count). The number of phosphoric ester groups is 2. The van der Waals surface area contributed by atoms with Crippen molar-refractivity contribution in [1.82, 2.24) is 9.55 Å². The number of rotatable bonds is 44. The Balaban J connectivity index is 1.83. The minimum Gasteiger partial charge on any atom is -0.462 e. The van der Waals surface area contributed by atoms with Crippen LogP contribution in [0.4, 0.5) is 5.82 Å². The lowest BCUT2D eigenvalue weighted by atomic mass is 9.99. The Morgan fingerprint density at radius 3 is 1.88 bits per heavy atom. The van der Waals surface area contributed by atoms with Gasteiger partial charge in [-0.05, 0) is 50.5 Å². The first-order valence-electron chi connectivity index (χ1n) is 27.6. The number of hydrogen-bond donors (Lipinski definition) is 7. The van der Waals surface area contributed by atoms with Gasteiger partial charge in [0.2, 0.25) is 0 Å². The predicted molar refractivity (Wildman–Crippen MR) is 296 cm³/mol. The van der Waals surface area contributed by atoms with E-state index >= 15 is 0 Å². The molecule has 0 radical (unpaired) electrons. The molecule has 1 saturated heterocycles. The van der Waals surface area contributed by atoms with Crippen LogP contribution in [0.25, 0.3) is 0 Å². The molecular weight excluding hydrogens is 1040 g/mol. The quantitative estimate of drug-likeness (QED) is 0.0105. The number of ether oxygens (including phenoxy) is 3. The molecule has 438 valence electrons. The zero-order chi connectivity index (χ0) is 56.7. The second kappa shape index (κ2) is 41.2. The van der Waals surface area contributed by atoms with Crippen molar-refractivity contribution < 1.29 is 76.5 Å². The van der Waals surface area contributed by atoms with Gasteiger partial charge in [-0.1, -0.05) is 190 Å². The summed E-state index contributed by atoms with van der Waals surface area (Å²) in [5.41, 5.74) is 4.58. The maximum Gasteiger partial charge on any atom is 0.481 e. The largest absolute Gasteiger partial charge is 0.481 e. The van der Waals surface area contributed by atoms with Crippen molar-refractivity contribution in [2.45, 2.75) is 211 Å². The van der Waals surface area contributed by atoms with E-state index in [1.165, 1.54) is 76.7 Å². The molecule has 0 aliphatic carbocycles. The Kier molecular flexibility index (Phi) is 37.0. The summed E-state index contributed by atoms with van der Waals surface area (Å²) in [6, 6.07) is 1.24. The van der Waals surface area contributed by atoms with Gasteiger partial charge in [-0.3, -0.25) is 23.2 Å². The maximum atomic E-state index is 12.9. The molecule has 0 amide bonds. The topological polar surface area (TPSA) is 306 Å². The number of nitrogens with two attached hydrogens (primary N) is 1. The first kappa shape index (κ1) is 69.2. The van der Waals surface area contributed by atoms with Crippen molar-refractivity contribution in [2.75, 3.05) is 25.6 Å². The summed E-state index contributed by atoms with van der Waals surface area (Å²) in [6.07, 6.45) is 34.7. The molecule has 20 nitrogen and oxygen atoms in total. The number of nitrogens with zero attached hydrogens (tertiary/aromatic N) is 2. The molecule has 1 aromatic rings. The maximum absolute atomic E-state index is 12.9. The molecule has 0 saturated carbocycles. The number of hydrogen-bond acceptors (Lipinski definition) is 17. The molecular formula is C55H91N3O17P2. The zero-order valence-electron chi connectivity index (χ0n) is 45.6. The molecule has 2 heterocycles. The summed E-state index contributed by atoms with van der Waals surface area (Å²) in [5.74, 6) is -0.642. The number of anilines is 1. The van der Waals surface area contributed by atoms with Gasteiger partial charge in [0.1, 0.15) is 30.7 Å². The van der Waals surface area contributed by atoms with E-state index in [1.54, 1.807) is 42.5 Å². The summed E-state index contributed by atoms with van der Waals surface area (Å²) in [6.45, 7) is 4.16. The fourth-order valence-corrected chi connectivity index (χ4v) is 9.95. The molecule has 1 aromatic heterocycles. The van der Waals surface area contributed by atoms with E-state index in [4.69, 9.17) is 29.0 Å². The normalized spacial score (nSPS) is 20.4. The predicted octanol–water partition coefficient (Wildman–Crippen LogP) is 9.86. The van der Waals surface area contributed by atoms with Crippen LogP contribution in [0.3, 0.4) is 0 Å². The minimum atomic E-state index is -5.46. The van der Waals surface area contributed by atoms with Crippen LogP contribution in [0.15, 0.2) is 90.0 Å². The molecule has 1 aliphatic rings. The van der Waals surface area contributed by atoms with Crippen LogP contribution >= 0.6 is 15.6 Å². The van der Waals surface area contributed by atoms with Gasteiger partial charge < -0.3 is 50.2 Å². The van der Waals surface area contributed by atoms with E-state index in [1.807, 2.05) is 37.3 Å². The Morgan fingerprint density at radius 2 is 1.30 bits per heavy atom. The number of aliphatic hydroxyl groups is 4. The summed E-state index contributed by atoms with van der Waals surface area (Å²) >= 11 is 0. The molecule has 0 aromatic carbocycles. The standard InChI is InChI=1S/C55H91N3O17P2/c1-4-6-25-33-45(59)35-28-23-24-29-36-46(60)34-27-20-17-18-21-30-37-50(61)70-41-47(73-51(62)38-31-22-16-14-12-10-8-7-9-11-13-15-19-26-32-44(3)5-2)42-71-76(66,67)75-77(68,69)72-43-48-52(63)53(64)54(74-48)58-40-39-49(56)57-55(58)65/h6,18,20-21,23-25,27-29,35-36,39-40,44-48,52-54,59-60,63-64H,4-5,7-17,19,22,26,30-34,37-38,41-43H2,1-3H3,(H,66,67)(H,68,69)(H2,56,57,65)/b21-18-,24-23-,25-6-,27-20-,35-28+,36-29+/t44?,45-,46+,47-,48-,52-,53-,54-/m1/s1. The highest BCUT2D eigenvalue weighted by Gasteiger charge is 2.46. The lowest BCUT2D eigenvalue weighted by Crippen LogP contribution is -2.36. The van der Waals surface area contributed by atoms with Crippen molar-refractivity contribution in [3.8, 4) is 0 Å². The van der Waals surface area contributed by atoms with Crippen molar-refractivity contribution >= 4 is 33.4 Å². The second-order valence-corrected chi connectivity index (χ2v) is 22.4. The highest BCUT2D eigenvalue weighted by atomic mass is 31.3. The summed E-state index contributed by atoms with van der Waals surface area (Å²) < 4.78 is 56.8. The number of phosphoric acid groups is 2. The molecule has 3 unspecified atom stereocenters. The van der Waals surface area contributed by atoms with Crippen LogP contribution < -0.4 is 11.4 Å². The number of carbonyl (C=O) groups excluding carboxylic acids is 2. The second-order valence-electron chi connectivity index (χ2n) is 19.4. The fraction of sp³-hybridized carbons (Fsp3) is 0.673. The van der Waals surface area contributed by atoms with Crippen LogP contribution in [-0.2, 0) is 46.3 Å². The van der Waals surface area contributed by atoms with Crippen LogP contribution in [0.1, 0.15) is 175 Å². The average Bonchev–Trinajstić information content (AvgIpc) is 3.66. The van der Waals surface area contributed by atoms with E-state index in [-0.39, 0.29) is 18.7 Å². The third-order valence-electron chi connectivity index (χ3n) is 12.5. The number of unbranched alkanes of at least 4 members (excludes halogenated alkanes) is 13. The Bertz CT molecular complexity index is 2130. The van der Waals surface area contributed by atoms with Crippen molar-refractivity contribution in [2.24, 2.45) is 5.92 Å². The molecule has 1 aliphatic heterocycles. The SMILES string of the molecule is CC/C=C\C[C@@H](O)/C=C/C=C\C=C\[C@@H](O)C/C=C\C/C=C\CCC(=O)OC[C@H](COP(=O)(O)OP(=O)(O)OC[C@H]1O[C@@H](n2ccc(N)nc2=O)[C@H](O)[C@@H]1O)OC(=O)CCCCCCCCCCCCCCCCC(C)CC. The Morgan fingerprint density at radius 1 is 0.740 bits per heavy atom. The number of aliphatic hydroxyl groups excluding tert-OH is 4. The highest BCUT2D eigenvalue weighted by molar-refractivity contribution is 7.61. The van der Waals surface area contributed by atoms with Crippen LogP contribution in [0, 0.1) is 5.92 Å². The van der Waals surface area contributed by atoms with Crippen molar-refractivity contribution in [3.05, 3.63) is 95.7 Å². The monoisotopic (exact) mass is 1130 g/mol. The third kappa shape index (κ3) is 34.0. The van der Waals surface area contributed by atoms with Gasteiger partial charge in [0, 0.05) is 19.0 Å². The molecule has 22 heteroatoms. The van der Waals surface area contributed by atoms with E-state index in [2.05, 4.69) is 23.1 Å². The lowest BCUT2D eigenvalue weighted by Gasteiger charge is -2.21. The van der Waals surface area contributed by atoms with Gasteiger partial charge in [-0.2, -0.15) is 9.29 Å². The van der Waals surface area contributed by atoms with Gasteiger partial charge in [-0.15, -0.1) is 0 Å². The molecule has 8 N–H and O–H groups in total. The van der Waals surface area contributed by atoms with E-state index < -0.39 is 95.9 Å². The number of carbonyl (C=O) groups is 2. The number of nitrogen functional groups attached to an aromatic ring is 1. The van der Waals surface area contributed by atoms with E-state index in [0.717, 1.165) is 48.8 Å². The van der Waals surface area contributed by atoms with Gasteiger partial charge in [-0.25, -0.2) is 13.9 Å². The smallest absolute Gasteiger partial charge is 0.462 e. The van der Waals surface area contributed by atoms with Crippen molar-refractivity contribution in [3.63, 3.8) is 0 Å². The molecule has 0 spiro atoms. The minimum absolute atomic E-state index is 0.0114. The average molecular weight is 1130 g/mol. The molecule has 77 heavy (non-hydrogen) atoms. The first-order chi connectivity index (χ1) is 36.9. The van der Waals surface area contributed by atoms with Gasteiger partial charge >= 0.3 is 33.3 Å². The van der Waals surface area contributed by atoms with Crippen LogP contribution in [0.5, 0.6) is 0 Å². The van der Waals surface area contributed by atoms with Crippen LogP contribution in [0.2, 0.25) is 0 Å². The third-order valence-corrected chi connectivity index (χ3v) is 15.1. The van der Waals surface area contributed by atoms with Crippen LogP contribution in [-0.4, -0.2) is 108 Å². The highest BCUT2D eigenvalue weighted by Crippen LogP contribution is 2.60. The molecule has 10 atom stereocenters. The van der Waals surface area contributed by atoms with Gasteiger partial charge in [0.15, 0.2) is 12.3 Å².